The van der Waals surface area contributed by atoms with Crippen LogP contribution in [0.2, 0.25) is 0 Å². The van der Waals surface area contributed by atoms with Gasteiger partial charge in [0.15, 0.2) is 22.7 Å². The normalized spacial score (nSPS) is 11.6. The molecule has 0 aliphatic rings. The maximum absolute atomic E-state index is 12.0. The molecule has 0 saturated carbocycles. The van der Waals surface area contributed by atoms with Crippen molar-refractivity contribution in [1.29, 1.82) is 0 Å². The van der Waals surface area contributed by atoms with E-state index in [9.17, 15) is 30.6 Å². The van der Waals surface area contributed by atoms with Gasteiger partial charge in [0.05, 0.1) is 10.9 Å². The Balaban J connectivity index is 1.30. The van der Waals surface area contributed by atoms with Crippen molar-refractivity contribution in [3.05, 3.63) is 158 Å². The van der Waals surface area contributed by atoms with Gasteiger partial charge in [0.1, 0.15) is 5.75 Å². The lowest BCUT2D eigenvalue weighted by atomic mass is 9.82. The van der Waals surface area contributed by atoms with Crippen molar-refractivity contribution in [2.45, 2.75) is 0 Å². The molecule has 1 aromatic heterocycles. The van der Waals surface area contributed by atoms with E-state index in [1.807, 2.05) is 78.9 Å². The van der Waals surface area contributed by atoms with E-state index in [4.69, 9.17) is 4.42 Å². The molecule has 0 amide bonds. The zero-order valence-corrected chi connectivity index (χ0v) is 30.1. The highest BCUT2D eigenvalue weighted by Crippen LogP contribution is 2.60. The van der Waals surface area contributed by atoms with Gasteiger partial charge in [0.2, 0.25) is 17.2 Å². The molecule has 10 aromatic rings. The number of phenols is 6. The topological polar surface area (TPSA) is 135 Å². The van der Waals surface area contributed by atoms with Crippen LogP contribution in [0.1, 0.15) is 0 Å². The number of phenolic OH excluding ortho intramolecular Hbond substituents is 6. The van der Waals surface area contributed by atoms with Gasteiger partial charge in [-0.3, -0.25) is 0 Å². The lowest BCUT2D eigenvalue weighted by molar-refractivity contribution is 0.368. The molecule has 10 rings (SSSR count). The van der Waals surface area contributed by atoms with Crippen molar-refractivity contribution >= 4 is 43.5 Å². The van der Waals surface area contributed by atoms with Crippen LogP contribution in [-0.4, -0.2) is 30.6 Å². The highest BCUT2D eigenvalue weighted by Gasteiger charge is 2.33. The summed E-state index contributed by atoms with van der Waals surface area (Å²) >= 11 is 0. The summed E-state index contributed by atoms with van der Waals surface area (Å²) in [5.41, 5.74) is 6.45. The molecule has 0 unspecified atom stereocenters. The predicted molar refractivity (Wildman–Crippen MR) is 226 cm³/mol. The second-order valence-corrected chi connectivity index (χ2v) is 14.0. The molecule has 7 heteroatoms. The molecule has 0 saturated heterocycles. The van der Waals surface area contributed by atoms with Gasteiger partial charge in [-0.2, -0.15) is 0 Å². The third kappa shape index (κ3) is 4.99. The van der Waals surface area contributed by atoms with E-state index in [-0.39, 0.29) is 33.1 Å². The molecule has 0 spiro atoms. The summed E-state index contributed by atoms with van der Waals surface area (Å²) in [5, 5.41) is 72.1. The van der Waals surface area contributed by atoms with Crippen molar-refractivity contribution in [3.63, 3.8) is 0 Å². The Bertz CT molecular complexity index is 3160. The Morgan fingerprint density at radius 1 is 0.263 bits per heavy atom. The van der Waals surface area contributed by atoms with Crippen LogP contribution in [0.15, 0.2) is 162 Å². The first kappa shape index (κ1) is 33.7. The highest BCUT2D eigenvalue weighted by molar-refractivity contribution is 6.29. The zero-order chi connectivity index (χ0) is 38.9. The molecule has 0 aliphatic carbocycles. The van der Waals surface area contributed by atoms with E-state index in [0.717, 1.165) is 44.2 Å². The van der Waals surface area contributed by atoms with Crippen molar-refractivity contribution in [1.82, 2.24) is 0 Å². The molecule has 274 valence electrons. The molecule has 1 heterocycles. The quantitative estimate of drug-likeness (QED) is 0.0587. The smallest absolute Gasteiger partial charge is 0.205 e. The monoisotopic (exact) mass is 744 g/mol. The van der Waals surface area contributed by atoms with E-state index < -0.39 is 34.5 Å². The van der Waals surface area contributed by atoms with Gasteiger partial charge in [-0.15, -0.1) is 0 Å². The summed E-state index contributed by atoms with van der Waals surface area (Å²) in [5.74, 6) is -4.05. The van der Waals surface area contributed by atoms with Crippen LogP contribution < -0.4 is 0 Å². The Labute approximate surface area is 325 Å². The summed E-state index contributed by atoms with van der Waals surface area (Å²) in [7, 11) is 0. The van der Waals surface area contributed by atoms with Gasteiger partial charge in [-0.25, -0.2) is 0 Å². The van der Waals surface area contributed by atoms with E-state index in [2.05, 4.69) is 48.5 Å². The van der Waals surface area contributed by atoms with Gasteiger partial charge in [0.25, 0.3) is 0 Å². The predicted octanol–water partition coefficient (Wildman–Crippen LogP) is 12.5. The number of benzene rings is 9. The standard InChI is InChI=1S/C50H32O7/c51-43-37(30-15-5-2-6-16-30)44(52)47(55)50-42(43)41-40(45(53)46(54)48(56)49(41)57-50)39-35-21-11-9-19-33(35)38(34-20-10-12-22-36(34)39)32-18-8-7-17-31(32)29-25-23-28(24-26-29)27-13-3-1-4-14-27/h1-26,51-56H. The average molecular weight is 745 g/mol. The highest BCUT2D eigenvalue weighted by atomic mass is 16.4. The average Bonchev–Trinajstić information content (AvgIpc) is 3.67. The van der Waals surface area contributed by atoms with Crippen LogP contribution in [0.25, 0.3) is 99.1 Å². The first-order valence-corrected chi connectivity index (χ1v) is 18.4. The Morgan fingerprint density at radius 3 is 1.28 bits per heavy atom. The Hall–Kier alpha value is -7.90. The summed E-state index contributed by atoms with van der Waals surface area (Å²) in [6, 6.07) is 51.0. The molecule has 0 radical (unpaired) electrons. The summed E-state index contributed by atoms with van der Waals surface area (Å²) < 4.78 is 5.99. The summed E-state index contributed by atoms with van der Waals surface area (Å²) in [4.78, 5) is 0. The van der Waals surface area contributed by atoms with Gasteiger partial charge >= 0.3 is 0 Å². The van der Waals surface area contributed by atoms with Gasteiger partial charge < -0.3 is 35.1 Å². The van der Waals surface area contributed by atoms with Gasteiger partial charge in [-0.05, 0) is 60.5 Å². The van der Waals surface area contributed by atoms with E-state index in [1.54, 1.807) is 30.3 Å². The number of hydrogen-bond donors (Lipinski definition) is 6. The summed E-state index contributed by atoms with van der Waals surface area (Å²) in [6.45, 7) is 0. The minimum Gasteiger partial charge on any atom is -0.506 e. The van der Waals surface area contributed by atoms with E-state index in [1.165, 1.54) is 0 Å². The second kappa shape index (κ2) is 12.9. The zero-order valence-electron chi connectivity index (χ0n) is 30.1. The molecule has 0 atom stereocenters. The van der Waals surface area contributed by atoms with Crippen molar-refractivity contribution < 1.29 is 35.1 Å². The number of hydrogen-bond acceptors (Lipinski definition) is 7. The maximum Gasteiger partial charge on any atom is 0.205 e. The molecule has 9 aromatic carbocycles. The molecule has 0 fully saturated rings. The van der Waals surface area contributed by atoms with E-state index in [0.29, 0.717) is 21.9 Å². The maximum atomic E-state index is 12.0. The number of fused-ring (bicyclic) bond motifs is 5. The fourth-order valence-corrected chi connectivity index (χ4v) is 8.38. The lowest BCUT2D eigenvalue weighted by Gasteiger charge is -2.21. The first-order chi connectivity index (χ1) is 27.8. The Morgan fingerprint density at radius 2 is 0.684 bits per heavy atom. The SMILES string of the molecule is Oc1c(-c2ccccc2)c(O)c2c(oc3c(O)c(O)c(O)c(-c4c5ccccc5c(-c5ccccc5-c5ccc(-c6ccccc6)cc5)c5ccccc45)c32)c1O. The molecule has 0 aliphatic heterocycles. The van der Waals surface area contributed by atoms with Gasteiger partial charge in [-0.1, -0.05) is 158 Å². The molecular formula is C50H32O7. The second-order valence-electron chi connectivity index (χ2n) is 14.0. The fraction of sp³-hybridized carbons (Fsp3) is 0. The molecule has 57 heavy (non-hydrogen) atoms. The first-order valence-electron chi connectivity index (χ1n) is 18.4. The van der Waals surface area contributed by atoms with Crippen molar-refractivity contribution in [2.75, 3.05) is 0 Å². The Kier molecular flexibility index (Phi) is 7.59. The van der Waals surface area contributed by atoms with Crippen LogP contribution in [0.4, 0.5) is 0 Å². The van der Waals surface area contributed by atoms with Crippen LogP contribution in [0, 0.1) is 0 Å². The van der Waals surface area contributed by atoms with Crippen molar-refractivity contribution in [3.8, 4) is 90.1 Å². The fourth-order valence-electron chi connectivity index (χ4n) is 8.38. The van der Waals surface area contributed by atoms with E-state index >= 15 is 0 Å². The number of rotatable bonds is 5. The largest absolute Gasteiger partial charge is 0.506 e. The third-order valence-electron chi connectivity index (χ3n) is 11.0. The molecule has 6 N–H and O–H groups in total. The molecular weight excluding hydrogens is 713 g/mol. The minimum absolute atomic E-state index is 0.0322. The lowest BCUT2D eigenvalue weighted by Crippen LogP contribution is -1.94. The van der Waals surface area contributed by atoms with Gasteiger partial charge in [0, 0.05) is 16.5 Å². The molecule has 7 nitrogen and oxygen atoms in total. The third-order valence-corrected chi connectivity index (χ3v) is 11.0. The van der Waals surface area contributed by atoms with Crippen LogP contribution >= 0.6 is 0 Å². The number of aromatic hydroxyl groups is 6. The van der Waals surface area contributed by atoms with Crippen LogP contribution in [0.5, 0.6) is 34.5 Å². The minimum atomic E-state index is -0.843. The van der Waals surface area contributed by atoms with Crippen LogP contribution in [-0.2, 0) is 0 Å². The number of furan rings is 1. The molecule has 0 bridgehead atoms. The summed E-state index contributed by atoms with van der Waals surface area (Å²) in [6.07, 6.45) is 0. The van der Waals surface area contributed by atoms with Crippen LogP contribution in [0.3, 0.4) is 0 Å². The van der Waals surface area contributed by atoms with Crippen molar-refractivity contribution in [2.24, 2.45) is 0 Å².